The molecule has 2 aliphatic rings. The van der Waals surface area contributed by atoms with Crippen LogP contribution >= 0.6 is 0 Å². The minimum Gasteiger partial charge on any atom is -0.480 e. The van der Waals surface area contributed by atoms with Crippen molar-refractivity contribution in [1.29, 1.82) is 0 Å². The van der Waals surface area contributed by atoms with E-state index in [9.17, 15) is 4.79 Å². The summed E-state index contributed by atoms with van der Waals surface area (Å²) in [6.45, 7) is 4.88. The van der Waals surface area contributed by atoms with Crippen molar-refractivity contribution in [3.63, 3.8) is 0 Å². The first-order chi connectivity index (χ1) is 11.7. The summed E-state index contributed by atoms with van der Waals surface area (Å²) in [5, 5.41) is 10.4. The highest BCUT2D eigenvalue weighted by molar-refractivity contribution is 5.82. The minimum absolute atomic E-state index is 0.118. The van der Waals surface area contributed by atoms with Gasteiger partial charge in [0.2, 0.25) is 0 Å². The van der Waals surface area contributed by atoms with Gasteiger partial charge < -0.3 is 14.8 Å². The van der Waals surface area contributed by atoms with Gasteiger partial charge in [-0.1, -0.05) is 18.2 Å². The van der Waals surface area contributed by atoms with Gasteiger partial charge in [-0.25, -0.2) is 0 Å². The molecule has 24 heavy (non-hydrogen) atoms. The molecule has 1 aromatic carbocycles. The predicted molar refractivity (Wildman–Crippen MR) is 90.9 cm³/mol. The van der Waals surface area contributed by atoms with Crippen LogP contribution in [-0.2, 0) is 16.1 Å². The number of H-pyrrole nitrogens is 1. The molecule has 2 atom stereocenters. The number of carboxylic acid groups (broad SMARTS) is 1. The van der Waals surface area contributed by atoms with Gasteiger partial charge >= 0.3 is 5.97 Å². The summed E-state index contributed by atoms with van der Waals surface area (Å²) in [5.41, 5.74) is 2.48. The molecule has 0 amide bonds. The van der Waals surface area contributed by atoms with Crippen molar-refractivity contribution in [3.8, 4) is 0 Å². The number of aliphatic carboxylic acids is 1. The summed E-state index contributed by atoms with van der Waals surface area (Å²) in [6.07, 6.45) is 1.98. The number of aromatic amines is 1. The SMILES string of the molecule is O=C(O)CN1C[C@@H]2COC[C@H](C1)N(Cc1cccc3cc[nH]c13)C2. The molecule has 2 aliphatic heterocycles. The molecule has 2 bridgehead atoms. The van der Waals surface area contributed by atoms with Crippen LogP contribution in [0.1, 0.15) is 5.56 Å². The van der Waals surface area contributed by atoms with E-state index in [2.05, 4.69) is 39.0 Å². The Morgan fingerprint density at radius 2 is 2.17 bits per heavy atom. The van der Waals surface area contributed by atoms with E-state index in [0.29, 0.717) is 12.5 Å². The van der Waals surface area contributed by atoms with Crippen LogP contribution in [0.15, 0.2) is 30.5 Å². The highest BCUT2D eigenvalue weighted by Crippen LogP contribution is 2.24. The lowest BCUT2D eigenvalue weighted by Gasteiger charge is -2.30. The van der Waals surface area contributed by atoms with Gasteiger partial charge in [0.25, 0.3) is 0 Å². The van der Waals surface area contributed by atoms with Gasteiger partial charge in [-0.2, -0.15) is 0 Å². The second kappa shape index (κ2) is 6.55. The molecule has 0 spiro atoms. The number of ether oxygens (including phenoxy) is 1. The summed E-state index contributed by atoms with van der Waals surface area (Å²) in [7, 11) is 0. The smallest absolute Gasteiger partial charge is 0.317 e. The fraction of sp³-hybridized carbons (Fsp3) is 0.500. The lowest BCUT2D eigenvalue weighted by atomic mass is 10.1. The molecule has 0 unspecified atom stereocenters. The number of carboxylic acids is 1. The number of carbonyl (C=O) groups is 1. The Balaban J connectivity index is 1.56. The monoisotopic (exact) mass is 329 g/mol. The predicted octanol–water partition coefficient (Wildman–Crippen LogP) is 1.39. The third-order valence-electron chi connectivity index (χ3n) is 5.06. The molecule has 2 saturated heterocycles. The van der Waals surface area contributed by atoms with Crippen molar-refractivity contribution < 1.29 is 14.6 Å². The molecule has 0 aliphatic carbocycles. The molecule has 0 radical (unpaired) electrons. The number of hydrogen-bond acceptors (Lipinski definition) is 4. The molecule has 2 fully saturated rings. The van der Waals surface area contributed by atoms with E-state index in [1.165, 1.54) is 16.5 Å². The molecular weight excluding hydrogens is 306 g/mol. The molecule has 2 N–H and O–H groups in total. The zero-order valence-electron chi connectivity index (χ0n) is 13.6. The molecule has 2 aromatic rings. The van der Waals surface area contributed by atoms with E-state index in [1.54, 1.807) is 0 Å². The van der Waals surface area contributed by atoms with Crippen LogP contribution in [0.5, 0.6) is 0 Å². The van der Waals surface area contributed by atoms with Gasteiger partial charge in [0, 0.05) is 49.9 Å². The highest BCUT2D eigenvalue weighted by Gasteiger charge is 2.34. The Bertz CT molecular complexity index is 729. The fourth-order valence-electron chi connectivity index (χ4n) is 4.04. The largest absolute Gasteiger partial charge is 0.480 e. The second-order valence-electron chi connectivity index (χ2n) is 6.93. The first-order valence-corrected chi connectivity index (χ1v) is 8.50. The minimum atomic E-state index is -0.751. The number of fused-ring (bicyclic) bond motifs is 4. The lowest BCUT2D eigenvalue weighted by Crippen LogP contribution is -2.44. The van der Waals surface area contributed by atoms with Gasteiger partial charge in [-0.15, -0.1) is 0 Å². The summed E-state index contributed by atoms with van der Waals surface area (Å²) < 4.78 is 5.83. The van der Waals surface area contributed by atoms with E-state index in [1.807, 2.05) is 6.20 Å². The van der Waals surface area contributed by atoms with Gasteiger partial charge in [0.05, 0.1) is 19.8 Å². The molecule has 3 heterocycles. The van der Waals surface area contributed by atoms with Gasteiger partial charge in [0.15, 0.2) is 0 Å². The van der Waals surface area contributed by atoms with Crippen LogP contribution in [0.4, 0.5) is 0 Å². The zero-order valence-corrected chi connectivity index (χ0v) is 13.6. The molecule has 4 rings (SSSR count). The highest BCUT2D eigenvalue weighted by atomic mass is 16.5. The summed E-state index contributed by atoms with van der Waals surface area (Å²) >= 11 is 0. The molecule has 128 valence electrons. The molecular formula is C18H23N3O3. The quantitative estimate of drug-likeness (QED) is 0.887. The van der Waals surface area contributed by atoms with Gasteiger partial charge in [-0.05, 0) is 17.0 Å². The lowest BCUT2D eigenvalue weighted by molar-refractivity contribution is -0.138. The van der Waals surface area contributed by atoms with Gasteiger partial charge in [-0.3, -0.25) is 14.6 Å². The number of nitrogens with zero attached hydrogens (tertiary/aromatic N) is 2. The van der Waals surface area contributed by atoms with Crippen molar-refractivity contribution in [2.45, 2.75) is 12.6 Å². The number of rotatable bonds is 4. The van der Waals surface area contributed by atoms with E-state index in [-0.39, 0.29) is 12.6 Å². The van der Waals surface area contributed by atoms with Crippen LogP contribution < -0.4 is 0 Å². The first kappa shape index (κ1) is 15.6. The van der Waals surface area contributed by atoms with Crippen LogP contribution in [0.3, 0.4) is 0 Å². The maximum atomic E-state index is 11.1. The summed E-state index contributed by atoms with van der Waals surface area (Å²) in [6, 6.07) is 8.72. The average molecular weight is 329 g/mol. The Labute approximate surface area is 141 Å². The average Bonchev–Trinajstić information content (AvgIpc) is 2.85. The maximum Gasteiger partial charge on any atom is 0.317 e. The van der Waals surface area contributed by atoms with Crippen LogP contribution in [0, 0.1) is 5.92 Å². The van der Waals surface area contributed by atoms with Crippen LogP contribution in [-0.4, -0.2) is 71.3 Å². The Hall–Kier alpha value is -1.89. The van der Waals surface area contributed by atoms with Gasteiger partial charge in [0.1, 0.15) is 0 Å². The zero-order chi connectivity index (χ0) is 16.5. The molecule has 6 heteroatoms. The van der Waals surface area contributed by atoms with Crippen LogP contribution in [0.25, 0.3) is 10.9 Å². The Morgan fingerprint density at radius 1 is 1.25 bits per heavy atom. The second-order valence-corrected chi connectivity index (χ2v) is 6.93. The molecule has 6 nitrogen and oxygen atoms in total. The number of hydrogen-bond donors (Lipinski definition) is 2. The van der Waals surface area contributed by atoms with Crippen molar-refractivity contribution in [1.82, 2.24) is 14.8 Å². The summed E-state index contributed by atoms with van der Waals surface area (Å²) in [4.78, 5) is 19.0. The Morgan fingerprint density at radius 3 is 3.04 bits per heavy atom. The topological polar surface area (TPSA) is 68.8 Å². The Kier molecular flexibility index (Phi) is 4.26. The number of benzene rings is 1. The van der Waals surface area contributed by atoms with Crippen molar-refractivity contribution in [2.24, 2.45) is 5.92 Å². The van der Waals surface area contributed by atoms with E-state index in [0.717, 1.165) is 32.8 Å². The fourth-order valence-corrected chi connectivity index (χ4v) is 4.04. The first-order valence-electron chi connectivity index (χ1n) is 8.50. The van der Waals surface area contributed by atoms with E-state index in [4.69, 9.17) is 9.84 Å². The van der Waals surface area contributed by atoms with Crippen LogP contribution in [0.2, 0.25) is 0 Å². The number of para-hydroxylation sites is 1. The van der Waals surface area contributed by atoms with Crippen molar-refractivity contribution >= 4 is 16.9 Å². The standard InChI is InChI=1S/C18H23N3O3/c22-17(23)10-20-6-13-7-21(16(9-20)12-24-11-13)8-15-3-1-2-14-4-5-19-18(14)15/h1-5,13,16,19H,6-12H2,(H,22,23)/t13-,16-/m0/s1. The summed E-state index contributed by atoms with van der Waals surface area (Å²) in [5.74, 6) is -0.390. The van der Waals surface area contributed by atoms with E-state index >= 15 is 0 Å². The molecule has 1 aromatic heterocycles. The third-order valence-corrected chi connectivity index (χ3v) is 5.06. The number of aromatic nitrogens is 1. The van der Waals surface area contributed by atoms with Crippen molar-refractivity contribution in [3.05, 3.63) is 36.0 Å². The maximum absolute atomic E-state index is 11.1. The normalized spacial score (nSPS) is 25.7. The van der Waals surface area contributed by atoms with Crippen molar-refractivity contribution in [2.75, 3.05) is 39.4 Å². The third kappa shape index (κ3) is 3.17. The van der Waals surface area contributed by atoms with E-state index < -0.39 is 5.97 Å². The molecule has 0 saturated carbocycles. The number of nitrogens with one attached hydrogen (secondary N) is 1.